The van der Waals surface area contributed by atoms with Gasteiger partial charge >= 0.3 is 6.09 Å². The number of hydrogen-bond acceptors (Lipinski definition) is 5. The Morgan fingerprint density at radius 2 is 2.00 bits per heavy atom. The van der Waals surface area contributed by atoms with E-state index in [1.807, 2.05) is 6.92 Å². The minimum Gasteiger partial charge on any atom is -0.506 e. The summed E-state index contributed by atoms with van der Waals surface area (Å²) in [5.74, 6) is 0.0403. The third-order valence-electron chi connectivity index (χ3n) is 3.89. The lowest BCUT2D eigenvalue weighted by Crippen LogP contribution is -2.32. The summed E-state index contributed by atoms with van der Waals surface area (Å²) in [6.07, 6.45) is -1.57. The van der Waals surface area contributed by atoms with E-state index in [0.717, 1.165) is 5.56 Å². The first-order valence-corrected chi connectivity index (χ1v) is 8.06. The molecule has 7 nitrogen and oxygen atoms in total. The topological polar surface area (TPSA) is 111 Å². The number of ether oxygens (including phenoxy) is 1. The van der Waals surface area contributed by atoms with Crippen LogP contribution in [0.25, 0.3) is 0 Å². The highest BCUT2D eigenvalue weighted by molar-refractivity contribution is 5.85. The monoisotopic (exact) mass is 363 g/mol. The number of carbonyl (C=O) groups is 1. The standard InChI is InChI=1S/C19H24N2O5/c1-12(9-13-3-6-15(26-2)7-4-13)20-11-18(23)14-5-8-17(22)16(10-14)21-19(24)25/h3-8,10,12,18,20-23H,9,11H2,1-2H3,(H,24,25)/t12-,18+/m1/s1/i2D3. The molecule has 0 saturated heterocycles. The van der Waals surface area contributed by atoms with Crippen LogP contribution in [0.1, 0.15) is 28.3 Å². The number of nitrogens with one attached hydrogen (secondary N) is 2. The van der Waals surface area contributed by atoms with E-state index in [4.69, 9.17) is 14.0 Å². The molecule has 0 aliphatic carbocycles. The zero-order valence-electron chi connectivity index (χ0n) is 17.3. The van der Waals surface area contributed by atoms with E-state index in [9.17, 15) is 15.0 Å². The molecule has 2 aromatic carbocycles. The zero-order valence-corrected chi connectivity index (χ0v) is 14.3. The number of rotatable bonds is 8. The average molecular weight is 363 g/mol. The summed E-state index contributed by atoms with van der Waals surface area (Å²) in [5.41, 5.74) is 1.42. The summed E-state index contributed by atoms with van der Waals surface area (Å²) in [6, 6.07) is 11.0. The molecular formula is C19H24N2O5. The smallest absolute Gasteiger partial charge is 0.409 e. The molecule has 0 unspecified atom stereocenters. The fourth-order valence-corrected chi connectivity index (χ4v) is 2.53. The van der Waals surface area contributed by atoms with Gasteiger partial charge in [-0.15, -0.1) is 0 Å². The molecule has 0 aromatic heterocycles. The molecule has 26 heavy (non-hydrogen) atoms. The van der Waals surface area contributed by atoms with Crippen molar-refractivity contribution < 1.29 is 29.0 Å². The van der Waals surface area contributed by atoms with Gasteiger partial charge in [0.1, 0.15) is 11.5 Å². The molecule has 1 amide bonds. The number of amides is 1. The number of phenolic OH excluding ortho intramolecular Hbond substituents is 1. The maximum atomic E-state index is 10.7. The summed E-state index contributed by atoms with van der Waals surface area (Å²) >= 11 is 0. The molecule has 2 rings (SSSR count). The Morgan fingerprint density at radius 3 is 2.65 bits per heavy atom. The molecule has 2 atom stereocenters. The SMILES string of the molecule is [2H]C([2H])([2H])Oc1ccc(C[C@@H](C)NC[C@H](O)c2ccc(O)c(NC(=O)O)c2)cc1. The van der Waals surface area contributed by atoms with Gasteiger partial charge in [0.2, 0.25) is 0 Å². The molecule has 0 aliphatic heterocycles. The molecule has 5 N–H and O–H groups in total. The van der Waals surface area contributed by atoms with Crippen LogP contribution in [0.2, 0.25) is 0 Å². The zero-order chi connectivity index (χ0) is 21.6. The Kier molecular flexibility index (Phi) is 5.40. The quantitative estimate of drug-likeness (QED) is 0.461. The van der Waals surface area contributed by atoms with Gasteiger partial charge in [0.25, 0.3) is 0 Å². The van der Waals surface area contributed by atoms with E-state index in [-0.39, 0.29) is 29.8 Å². The van der Waals surface area contributed by atoms with Crippen molar-refractivity contribution in [2.45, 2.75) is 25.5 Å². The second-order valence-corrected chi connectivity index (χ2v) is 5.98. The Hall–Kier alpha value is -2.77. The predicted molar refractivity (Wildman–Crippen MR) is 98.9 cm³/mol. The molecule has 7 heteroatoms. The second kappa shape index (κ2) is 9.07. The van der Waals surface area contributed by atoms with Gasteiger partial charge in [-0.2, -0.15) is 0 Å². The fourth-order valence-electron chi connectivity index (χ4n) is 2.53. The summed E-state index contributed by atoms with van der Waals surface area (Å²) < 4.78 is 26.1. The summed E-state index contributed by atoms with van der Waals surface area (Å²) in [7, 11) is -2.49. The van der Waals surface area contributed by atoms with E-state index < -0.39 is 19.2 Å². The molecule has 0 heterocycles. The van der Waals surface area contributed by atoms with Gasteiger partial charge in [-0.3, -0.25) is 5.32 Å². The largest absolute Gasteiger partial charge is 0.506 e. The van der Waals surface area contributed by atoms with Crippen LogP contribution in [-0.4, -0.2) is 41.0 Å². The van der Waals surface area contributed by atoms with Crippen LogP contribution in [0.5, 0.6) is 11.5 Å². The van der Waals surface area contributed by atoms with Crippen molar-refractivity contribution in [3.63, 3.8) is 0 Å². The number of aromatic hydroxyl groups is 1. The molecular weight excluding hydrogens is 336 g/mol. The Balaban J connectivity index is 1.88. The molecule has 0 saturated carbocycles. The number of aliphatic hydroxyl groups is 1. The second-order valence-electron chi connectivity index (χ2n) is 5.98. The highest BCUT2D eigenvalue weighted by Crippen LogP contribution is 2.27. The lowest BCUT2D eigenvalue weighted by molar-refractivity contribution is 0.170. The van der Waals surface area contributed by atoms with Gasteiger partial charge in [0.05, 0.1) is 22.9 Å². The predicted octanol–water partition coefficient (Wildman–Crippen LogP) is 2.74. The number of benzene rings is 2. The minimum absolute atomic E-state index is 0.00136. The molecule has 0 fully saturated rings. The van der Waals surface area contributed by atoms with Crippen molar-refractivity contribution in [2.75, 3.05) is 18.9 Å². The highest BCUT2D eigenvalue weighted by Gasteiger charge is 2.13. The van der Waals surface area contributed by atoms with E-state index in [1.54, 1.807) is 24.3 Å². The maximum absolute atomic E-state index is 10.7. The number of carboxylic acid groups (broad SMARTS) is 1. The van der Waals surface area contributed by atoms with Crippen molar-refractivity contribution in [2.24, 2.45) is 0 Å². The van der Waals surface area contributed by atoms with Gasteiger partial charge in [0.15, 0.2) is 0 Å². The molecule has 0 spiro atoms. The van der Waals surface area contributed by atoms with Gasteiger partial charge in [-0.05, 0) is 48.7 Å². The number of anilines is 1. The first kappa shape index (κ1) is 15.5. The first-order chi connectivity index (χ1) is 13.5. The molecule has 0 radical (unpaired) electrons. The van der Waals surface area contributed by atoms with Crippen LogP contribution in [0, 0.1) is 0 Å². The molecule has 140 valence electrons. The molecule has 0 bridgehead atoms. The number of methoxy groups -OCH3 is 1. The third-order valence-corrected chi connectivity index (χ3v) is 3.89. The van der Waals surface area contributed by atoms with Gasteiger partial charge in [-0.1, -0.05) is 18.2 Å². The van der Waals surface area contributed by atoms with Crippen molar-refractivity contribution in [1.82, 2.24) is 5.32 Å². The number of aliphatic hydroxyl groups excluding tert-OH is 1. The minimum atomic E-state index is -2.49. The Bertz CT molecular complexity index is 828. The lowest BCUT2D eigenvalue weighted by Gasteiger charge is -2.18. The van der Waals surface area contributed by atoms with Crippen LogP contribution >= 0.6 is 0 Å². The summed E-state index contributed by atoms with van der Waals surface area (Å²) in [5, 5.41) is 34.0. The van der Waals surface area contributed by atoms with Gasteiger partial charge in [0, 0.05) is 12.6 Å². The normalized spacial score (nSPS) is 15.2. The molecule has 0 aliphatic rings. The fraction of sp³-hybridized carbons (Fsp3) is 0.316. The highest BCUT2D eigenvalue weighted by atomic mass is 16.5. The number of phenols is 1. The van der Waals surface area contributed by atoms with Crippen molar-refractivity contribution in [1.29, 1.82) is 0 Å². The van der Waals surface area contributed by atoms with E-state index in [0.29, 0.717) is 12.0 Å². The van der Waals surface area contributed by atoms with Crippen LogP contribution in [0.3, 0.4) is 0 Å². The summed E-state index contributed by atoms with van der Waals surface area (Å²) in [4.78, 5) is 10.7. The maximum Gasteiger partial charge on any atom is 0.409 e. The van der Waals surface area contributed by atoms with Crippen molar-refractivity contribution in [3.8, 4) is 11.5 Å². The Morgan fingerprint density at radius 1 is 1.27 bits per heavy atom. The van der Waals surface area contributed by atoms with Crippen LogP contribution in [0.4, 0.5) is 10.5 Å². The summed E-state index contributed by atoms with van der Waals surface area (Å²) in [6.45, 7) is 2.16. The van der Waals surface area contributed by atoms with E-state index >= 15 is 0 Å². The van der Waals surface area contributed by atoms with E-state index in [1.165, 1.54) is 18.2 Å². The van der Waals surface area contributed by atoms with Crippen LogP contribution < -0.4 is 15.4 Å². The van der Waals surface area contributed by atoms with Gasteiger partial charge < -0.3 is 25.4 Å². The first-order valence-electron chi connectivity index (χ1n) is 9.56. The Labute approximate surface area is 156 Å². The van der Waals surface area contributed by atoms with Crippen molar-refractivity contribution in [3.05, 3.63) is 53.6 Å². The van der Waals surface area contributed by atoms with Crippen LogP contribution in [0.15, 0.2) is 42.5 Å². The van der Waals surface area contributed by atoms with Crippen LogP contribution in [-0.2, 0) is 6.42 Å². The lowest BCUT2D eigenvalue weighted by atomic mass is 10.1. The van der Waals surface area contributed by atoms with Gasteiger partial charge in [-0.25, -0.2) is 4.79 Å². The van der Waals surface area contributed by atoms with Crippen molar-refractivity contribution >= 4 is 11.8 Å². The van der Waals surface area contributed by atoms with E-state index in [2.05, 4.69) is 10.6 Å². The average Bonchev–Trinajstić information content (AvgIpc) is 2.61. The third kappa shape index (κ3) is 5.65. The number of hydrogen-bond donors (Lipinski definition) is 5. The molecule has 2 aromatic rings.